The van der Waals surface area contributed by atoms with Gasteiger partial charge < -0.3 is 29.3 Å². The summed E-state index contributed by atoms with van der Waals surface area (Å²) in [7, 11) is 1.33. The molecule has 10 nitrogen and oxygen atoms in total. The zero-order valence-electron chi connectivity index (χ0n) is 27.7. The Morgan fingerprint density at radius 1 is 0.935 bits per heavy atom. The van der Waals surface area contributed by atoms with Crippen molar-refractivity contribution in [3.8, 4) is 5.75 Å². The molecule has 0 aliphatic carbocycles. The highest BCUT2D eigenvalue weighted by molar-refractivity contribution is 5.82. The predicted octanol–water partition coefficient (Wildman–Crippen LogP) is 5.65. The molecule has 2 aromatic rings. The molecule has 2 atom stereocenters. The Hall–Kier alpha value is -4.08. The van der Waals surface area contributed by atoms with Gasteiger partial charge in [0.05, 0.1) is 25.5 Å². The number of rotatable bonds is 11. The minimum Gasteiger partial charge on any atom is -0.489 e. The van der Waals surface area contributed by atoms with Gasteiger partial charge in [0.15, 0.2) is 0 Å². The van der Waals surface area contributed by atoms with Crippen LogP contribution in [0.5, 0.6) is 5.75 Å². The molecule has 0 spiro atoms. The van der Waals surface area contributed by atoms with E-state index in [-0.39, 0.29) is 30.2 Å². The van der Waals surface area contributed by atoms with Gasteiger partial charge in [0, 0.05) is 32.6 Å². The number of benzene rings is 2. The maximum atomic E-state index is 13.5. The molecule has 4 rings (SSSR count). The highest BCUT2D eigenvalue weighted by atomic mass is 16.6. The minimum absolute atomic E-state index is 0.0213. The fourth-order valence-corrected chi connectivity index (χ4v) is 5.99. The monoisotopic (exact) mass is 635 g/mol. The van der Waals surface area contributed by atoms with Crippen LogP contribution < -0.4 is 10.1 Å². The molecule has 2 saturated heterocycles. The van der Waals surface area contributed by atoms with E-state index in [4.69, 9.17) is 14.2 Å². The van der Waals surface area contributed by atoms with Gasteiger partial charge in [-0.25, -0.2) is 4.79 Å². The van der Waals surface area contributed by atoms with Crippen molar-refractivity contribution in [1.82, 2.24) is 15.1 Å². The lowest BCUT2D eigenvalue weighted by molar-refractivity contribution is -0.141. The first-order valence-corrected chi connectivity index (χ1v) is 16.4. The Balaban J connectivity index is 1.28. The number of hydrogen-bond acceptors (Lipinski definition) is 7. The molecule has 1 N–H and O–H groups in total. The van der Waals surface area contributed by atoms with E-state index in [2.05, 4.69) is 5.32 Å². The Kier molecular flexibility index (Phi) is 12.5. The molecule has 1 unspecified atom stereocenters. The number of amides is 3. The van der Waals surface area contributed by atoms with Gasteiger partial charge in [0.1, 0.15) is 18.0 Å². The van der Waals surface area contributed by atoms with E-state index in [1.807, 2.05) is 75.4 Å². The van der Waals surface area contributed by atoms with Gasteiger partial charge in [-0.3, -0.25) is 14.4 Å². The van der Waals surface area contributed by atoms with Gasteiger partial charge >= 0.3 is 12.1 Å². The van der Waals surface area contributed by atoms with E-state index in [0.29, 0.717) is 57.3 Å². The Labute approximate surface area is 272 Å². The van der Waals surface area contributed by atoms with E-state index in [1.165, 1.54) is 7.11 Å². The van der Waals surface area contributed by atoms with Crippen molar-refractivity contribution >= 4 is 23.9 Å². The first kappa shape index (κ1) is 34.8. The summed E-state index contributed by atoms with van der Waals surface area (Å²) in [5.41, 5.74) is 1.26. The van der Waals surface area contributed by atoms with Crippen LogP contribution >= 0.6 is 0 Å². The van der Waals surface area contributed by atoms with Crippen LogP contribution in [-0.4, -0.2) is 72.6 Å². The largest absolute Gasteiger partial charge is 0.489 e. The summed E-state index contributed by atoms with van der Waals surface area (Å²) in [6.45, 7) is 8.24. The molecule has 2 aliphatic heterocycles. The normalized spacial score (nSPS) is 18.0. The molecule has 0 radical (unpaired) electrons. The molecule has 3 amide bonds. The van der Waals surface area contributed by atoms with Gasteiger partial charge in [0.2, 0.25) is 11.8 Å². The maximum absolute atomic E-state index is 13.5. The van der Waals surface area contributed by atoms with E-state index in [9.17, 15) is 19.2 Å². The van der Waals surface area contributed by atoms with Crippen LogP contribution in [0.1, 0.15) is 82.9 Å². The first-order chi connectivity index (χ1) is 22.0. The second-order valence-electron chi connectivity index (χ2n) is 13.3. The third-order valence-electron chi connectivity index (χ3n) is 8.60. The first-order valence-electron chi connectivity index (χ1n) is 16.4. The van der Waals surface area contributed by atoms with E-state index >= 15 is 0 Å². The number of nitrogens with one attached hydrogen (secondary N) is 1. The zero-order chi connectivity index (χ0) is 33.1. The molecule has 0 saturated carbocycles. The van der Waals surface area contributed by atoms with Gasteiger partial charge in [-0.05, 0) is 82.1 Å². The Morgan fingerprint density at radius 2 is 1.67 bits per heavy atom. The summed E-state index contributed by atoms with van der Waals surface area (Å²) in [5.74, 6) is 0.0807. The number of likely N-dealkylation sites (tertiary alicyclic amines) is 2. The maximum Gasteiger partial charge on any atom is 0.410 e. The lowest BCUT2D eigenvalue weighted by Crippen LogP contribution is -2.46. The molecular weight excluding hydrogens is 586 g/mol. The molecule has 0 aromatic heterocycles. The summed E-state index contributed by atoms with van der Waals surface area (Å²) in [4.78, 5) is 55.0. The summed E-state index contributed by atoms with van der Waals surface area (Å²) in [6, 6.07) is 16.6. The van der Waals surface area contributed by atoms with Crippen LogP contribution in [0, 0.1) is 11.8 Å². The van der Waals surface area contributed by atoms with Gasteiger partial charge in [-0.2, -0.15) is 0 Å². The SMILES string of the molecule is COC(=O)C[C@H](NC(=O)C1CCCN(C(=O)CCC2CCN(C(=O)OC(C)(C)C)CC2)C1)c1cccc(OCc2ccccc2)c1. The average Bonchev–Trinajstić information content (AvgIpc) is 3.06. The number of hydrogen-bond donors (Lipinski definition) is 1. The Bertz CT molecular complexity index is 1320. The van der Waals surface area contributed by atoms with E-state index in [1.54, 1.807) is 9.80 Å². The highest BCUT2D eigenvalue weighted by Gasteiger charge is 2.32. The van der Waals surface area contributed by atoms with Crippen molar-refractivity contribution in [3.63, 3.8) is 0 Å². The van der Waals surface area contributed by atoms with Crippen molar-refractivity contribution in [2.24, 2.45) is 11.8 Å². The van der Waals surface area contributed by atoms with Crippen LogP contribution in [0.25, 0.3) is 0 Å². The van der Waals surface area contributed by atoms with E-state index in [0.717, 1.165) is 36.8 Å². The van der Waals surface area contributed by atoms with Gasteiger partial charge in [0.25, 0.3) is 0 Å². The molecule has 2 aliphatic rings. The predicted molar refractivity (Wildman–Crippen MR) is 174 cm³/mol. The van der Waals surface area contributed by atoms with E-state index < -0.39 is 17.6 Å². The van der Waals surface area contributed by atoms with Crippen molar-refractivity contribution in [2.75, 3.05) is 33.3 Å². The van der Waals surface area contributed by atoms with Crippen LogP contribution in [0.15, 0.2) is 54.6 Å². The number of carbonyl (C=O) groups excluding carboxylic acids is 4. The molecule has 2 heterocycles. The molecule has 0 bridgehead atoms. The number of methoxy groups -OCH3 is 1. The second kappa shape index (κ2) is 16.5. The van der Waals surface area contributed by atoms with Gasteiger partial charge in [-0.1, -0.05) is 42.5 Å². The highest BCUT2D eigenvalue weighted by Crippen LogP contribution is 2.27. The third-order valence-corrected chi connectivity index (χ3v) is 8.60. The summed E-state index contributed by atoms with van der Waals surface area (Å²) >= 11 is 0. The fraction of sp³-hybridized carbons (Fsp3) is 0.556. The molecule has 2 fully saturated rings. The molecule has 10 heteroatoms. The van der Waals surface area contributed by atoms with Crippen LogP contribution in [0.2, 0.25) is 0 Å². The number of piperidine rings is 2. The summed E-state index contributed by atoms with van der Waals surface area (Å²) in [5, 5.41) is 3.06. The lowest BCUT2D eigenvalue weighted by atomic mass is 9.91. The van der Waals surface area contributed by atoms with Crippen molar-refractivity contribution in [2.45, 2.75) is 84.0 Å². The second-order valence-corrected chi connectivity index (χ2v) is 13.3. The summed E-state index contributed by atoms with van der Waals surface area (Å²) < 4.78 is 16.4. The lowest BCUT2D eigenvalue weighted by Gasteiger charge is -2.35. The van der Waals surface area contributed by atoms with Crippen LogP contribution in [0.4, 0.5) is 4.79 Å². The van der Waals surface area contributed by atoms with Crippen LogP contribution in [0.3, 0.4) is 0 Å². The van der Waals surface area contributed by atoms with Crippen molar-refractivity contribution in [1.29, 1.82) is 0 Å². The number of nitrogens with zero attached hydrogens (tertiary/aromatic N) is 2. The molecule has 46 heavy (non-hydrogen) atoms. The van der Waals surface area contributed by atoms with Crippen LogP contribution in [-0.2, 0) is 30.5 Å². The average molecular weight is 636 g/mol. The third kappa shape index (κ3) is 10.8. The Morgan fingerprint density at radius 3 is 2.37 bits per heavy atom. The minimum atomic E-state index is -0.599. The fourth-order valence-electron chi connectivity index (χ4n) is 5.99. The molecule has 250 valence electrons. The number of esters is 1. The summed E-state index contributed by atoms with van der Waals surface area (Å²) in [6.07, 6.45) is 3.98. The number of ether oxygens (including phenoxy) is 3. The zero-order valence-corrected chi connectivity index (χ0v) is 27.7. The van der Waals surface area contributed by atoms with Gasteiger partial charge in [-0.15, -0.1) is 0 Å². The quantitative estimate of drug-likeness (QED) is 0.317. The molecular formula is C36H49N3O7. The van der Waals surface area contributed by atoms with Crippen molar-refractivity contribution < 1.29 is 33.4 Å². The smallest absolute Gasteiger partial charge is 0.410 e. The molecule has 2 aromatic carbocycles. The standard InChI is InChI=1S/C36H49N3O7/c1-36(2,3)46-35(43)38-20-17-26(18-21-38)15-16-32(40)39-19-9-13-29(24-39)34(42)37-31(23-33(41)44-4)28-12-8-14-30(22-28)45-25-27-10-6-5-7-11-27/h5-8,10-12,14,22,26,29,31H,9,13,15-21,23-25H2,1-4H3,(H,37,42)/t29?,31-/m0/s1. The number of carbonyl (C=O) groups is 4. The topological polar surface area (TPSA) is 114 Å². The van der Waals surface area contributed by atoms with Crippen molar-refractivity contribution in [3.05, 3.63) is 65.7 Å².